The van der Waals surface area contributed by atoms with Gasteiger partial charge in [0, 0.05) is 6.07 Å². The Balaban J connectivity index is 2.00. The van der Waals surface area contributed by atoms with Gasteiger partial charge in [0.25, 0.3) is 10.0 Å². The minimum Gasteiger partial charge on any atom is -0.495 e. The van der Waals surface area contributed by atoms with Gasteiger partial charge in [0.2, 0.25) is 5.91 Å². The third-order valence-electron chi connectivity index (χ3n) is 5.05. The molecule has 1 amide bonds. The molecule has 0 atom stereocenters. The molecule has 186 valence electrons. The van der Waals surface area contributed by atoms with Crippen molar-refractivity contribution in [2.45, 2.75) is 25.7 Å². The van der Waals surface area contributed by atoms with Gasteiger partial charge in [-0.25, -0.2) is 8.42 Å². The molecular formula is C26H30N2O6S. The van der Waals surface area contributed by atoms with Crippen molar-refractivity contribution >= 4 is 27.3 Å². The summed E-state index contributed by atoms with van der Waals surface area (Å²) in [6, 6.07) is 18.3. The number of hydrogen-bond acceptors (Lipinski definition) is 6. The van der Waals surface area contributed by atoms with Crippen molar-refractivity contribution in [1.29, 1.82) is 0 Å². The number of methoxy groups -OCH3 is 1. The molecule has 0 aliphatic carbocycles. The summed E-state index contributed by atoms with van der Waals surface area (Å²) in [5.41, 5.74) is 1.42. The Bertz CT molecular complexity index is 1280. The molecule has 0 aromatic heterocycles. The lowest BCUT2D eigenvalue weighted by Crippen LogP contribution is -2.38. The van der Waals surface area contributed by atoms with Crippen LogP contribution in [-0.2, 0) is 14.8 Å². The van der Waals surface area contributed by atoms with Crippen molar-refractivity contribution in [3.8, 4) is 17.2 Å². The maximum absolute atomic E-state index is 13.7. The summed E-state index contributed by atoms with van der Waals surface area (Å²) < 4.78 is 45.0. The predicted octanol–water partition coefficient (Wildman–Crippen LogP) is 4.64. The van der Waals surface area contributed by atoms with Crippen LogP contribution in [0, 0.1) is 6.92 Å². The lowest BCUT2D eigenvalue weighted by molar-refractivity contribution is -0.114. The van der Waals surface area contributed by atoms with E-state index in [1.807, 2.05) is 13.8 Å². The van der Waals surface area contributed by atoms with Crippen molar-refractivity contribution in [1.82, 2.24) is 0 Å². The fourth-order valence-corrected chi connectivity index (χ4v) is 5.04. The molecule has 0 saturated heterocycles. The second kappa shape index (κ2) is 11.6. The van der Waals surface area contributed by atoms with Crippen LogP contribution in [0.3, 0.4) is 0 Å². The van der Waals surface area contributed by atoms with E-state index < -0.39 is 22.5 Å². The summed E-state index contributed by atoms with van der Waals surface area (Å²) in [6.07, 6.45) is 0. The molecule has 8 nitrogen and oxygen atoms in total. The molecule has 0 bridgehead atoms. The van der Waals surface area contributed by atoms with Crippen molar-refractivity contribution in [3.05, 3.63) is 72.3 Å². The lowest BCUT2D eigenvalue weighted by Gasteiger charge is -2.26. The van der Waals surface area contributed by atoms with E-state index in [1.54, 1.807) is 67.6 Å². The van der Waals surface area contributed by atoms with E-state index in [9.17, 15) is 13.2 Å². The summed E-state index contributed by atoms with van der Waals surface area (Å²) >= 11 is 0. The van der Waals surface area contributed by atoms with Crippen molar-refractivity contribution < 1.29 is 27.4 Å². The number of para-hydroxylation sites is 2. The highest BCUT2D eigenvalue weighted by Crippen LogP contribution is 2.33. The average molecular weight is 499 g/mol. The molecule has 3 aromatic carbocycles. The number of sulfonamides is 1. The number of hydrogen-bond donors (Lipinski definition) is 1. The highest BCUT2D eigenvalue weighted by atomic mass is 32.2. The van der Waals surface area contributed by atoms with Gasteiger partial charge in [0.1, 0.15) is 23.8 Å². The summed E-state index contributed by atoms with van der Waals surface area (Å²) in [6.45, 7) is 5.86. The van der Waals surface area contributed by atoms with E-state index in [-0.39, 0.29) is 10.6 Å². The first-order chi connectivity index (χ1) is 16.8. The van der Waals surface area contributed by atoms with Crippen LogP contribution in [0.15, 0.2) is 71.6 Å². The Morgan fingerprint density at radius 3 is 2.34 bits per heavy atom. The predicted molar refractivity (Wildman–Crippen MR) is 136 cm³/mol. The minimum absolute atomic E-state index is 0.0737. The van der Waals surface area contributed by atoms with Crippen LogP contribution in [-0.4, -0.2) is 41.2 Å². The topological polar surface area (TPSA) is 94.2 Å². The summed E-state index contributed by atoms with van der Waals surface area (Å²) in [5, 5.41) is 2.78. The number of benzene rings is 3. The van der Waals surface area contributed by atoms with Crippen LogP contribution >= 0.6 is 0 Å². The standard InChI is InChI=1S/C26H30N2O6S/c1-5-33-20-14-15-24(34-6-2)22(17-20)27-26(29)18-28(23-12-7-8-13-25(23)32-4)35(30,31)21-11-9-10-19(3)16-21/h7-17H,5-6,18H2,1-4H3,(H,27,29). The molecule has 0 heterocycles. The van der Waals surface area contributed by atoms with Crippen molar-refractivity contribution in [2.75, 3.05) is 36.5 Å². The van der Waals surface area contributed by atoms with Crippen LogP contribution in [0.5, 0.6) is 17.2 Å². The zero-order chi connectivity index (χ0) is 25.4. The van der Waals surface area contributed by atoms with E-state index in [0.29, 0.717) is 36.1 Å². The van der Waals surface area contributed by atoms with Gasteiger partial charge in [-0.05, 0) is 62.7 Å². The maximum Gasteiger partial charge on any atom is 0.264 e. The summed E-state index contributed by atoms with van der Waals surface area (Å²) in [7, 11) is -2.65. The quantitative estimate of drug-likeness (QED) is 0.414. The van der Waals surface area contributed by atoms with Gasteiger partial charge in [-0.2, -0.15) is 0 Å². The number of nitrogens with zero attached hydrogens (tertiary/aromatic N) is 1. The molecule has 0 aliphatic heterocycles. The van der Waals surface area contributed by atoms with E-state index in [1.165, 1.54) is 13.2 Å². The monoisotopic (exact) mass is 498 g/mol. The first-order valence-electron chi connectivity index (χ1n) is 11.2. The van der Waals surface area contributed by atoms with Gasteiger partial charge in [0.15, 0.2) is 0 Å². The number of rotatable bonds is 11. The molecule has 0 fully saturated rings. The van der Waals surface area contributed by atoms with Gasteiger partial charge in [-0.3, -0.25) is 9.10 Å². The molecule has 9 heteroatoms. The van der Waals surface area contributed by atoms with Crippen molar-refractivity contribution in [2.24, 2.45) is 0 Å². The minimum atomic E-state index is -4.10. The van der Waals surface area contributed by atoms with Crippen LogP contribution < -0.4 is 23.8 Å². The fraction of sp³-hybridized carbons (Fsp3) is 0.269. The highest BCUT2D eigenvalue weighted by molar-refractivity contribution is 7.92. The Morgan fingerprint density at radius 1 is 0.914 bits per heavy atom. The van der Waals surface area contributed by atoms with Crippen molar-refractivity contribution in [3.63, 3.8) is 0 Å². The molecule has 3 aromatic rings. The smallest absolute Gasteiger partial charge is 0.264 e. The number of carbonyl (C=O) groups excluding carboxylic acids is 1. The SMILES string of the molecule is CCOc1ccc(OCC)c(NC(=O)CN(c2ccccc2OC)S(=O)(=O)c2cccc(C)c2)c1. The fourth-order valence-electron chi connectivity index (χ4n) is 3.50. The van der Waals surface area contributed by atoms with Gasteiger partial charge >= 0.3 is 0 Å². The van der Waals surface area contributed by atoms with E-state index >= 15 is 0 Å². The van der Waals surface area contributed by atoms with Crippen LogP contribution in [0.4, 0.5) is 11.4 Å². The third-order valence-corrected chi connectivity index (χ3v) is 6.81. The van der Waals surface area contributed by atoms with Crippen LogP contribution in [0.2, 0.25) is 0 Å². The Kier molecular flexibility index (Phi) is 8.59. The van der Waals surface area contributed by atoms with Crippen LogP contribution in [0.25, 0.3) is 0 Å². The molecule has 0 radical (unpaired) electrons. The molecule has 3 rings (SSSR count). The second-order valence-corrected chi connectivity index (χ2v) is 9.43. The number of amides is 1. The summed E-state index contributed by atoms with van der Waals surface area (Å²) in [5.74, 6) is 0.779. The van der Waals surface area contributed by atoms with Gasteiger partial charge in [-0.15, -0.1) is 0 Å². The second-order valence-electron chi connectivity index (χ2n) is 7.57. The number of aryl methyl sites for hydroxylation is 1. The maximum atomic E-state index is 13.7. The molecule has 0 saturated carbocycles. The first-order valence-corrected chi connectivity index (χ1v) is 12.7. The zero-order valence-corrected chi connectivity index (χ0v) is 21.1. The number of anilines is 2. The Labute approximate surface area is 206 Å². The Hall–Kier alpha value is -3.72. The molecular weight excluding hydrogens is 468 g/mol. The number of carbonyl (C=O) groups is 1. The average Bonchev–Trinajstić information content (AvgIpc) is 2.84. The number of nitrogens with one attached hydrogen (secondary N) is 1. The Morgan fingerprint density at radius 2 is 1.66 bits per heavy atom. The third kappa shape index (κ3) is 6.24. The normalized spacial score (nSPS) is 11.0. The summed E-state index contributed by atoms with van der Waals surface area (Å²) in [4.78, 5) is 13.3. The lowest BCUT2D eigenvalue weighted by atomic mass is 10.2. The first kappa shape index (κ1) is 25.9. The molecule has 35 heavy (non-hydrogen) atoms. The highest BCUT2D eigenvalue weighted by Gasteiger charge is 2.29. The largest absolute Gasteiger partial charge is 0.495 e. The van der Waals surface area contributed by atoms with Gasteiger partial charge in [0.05, 0.1) is 36.6 Å². The van der Waals surface area contributed by atoms with Crippen LogP contribution in [0.1, 0.15) is 19.4 Å². The molecule has 0 unspecified atom stereocenters. The molecule has 0 spiro atoms. The van der Waals surface area contributed by atoms with Gasteiger partial charge in [-0.1, -0.05) is 24.3 Å². The van der Waals surface area contributed by atoms with Gasteiger partial charge < -0.3 is 19.5 Å². The molecule has 1 N–H and O–H groups in total. The number of ether oxygens (including phenoxy) is 3. The van der Waals surface area contributed by atoms with E-state index in [4.69, 9.17) is 14.2 Å². The zero-order valence-electron chi connectivity index (χ0n) is 20.3. The molecule has 0 aliphatic rings. The van der Waals surface area contributed by atoms with E-state index in [2.05, 4.69) is 5.32 Å². The van der Waals surface area contributed by atoms with E-state index in [0.717, 1.165) is 9.87 Å².